The van der Waals surface area contributed by atoms with Crippen molar-refractivity contribution in [2.24, 2.45) is 0 Å². The lowest BCUT2D eigenvalue weighted by molar-refractivity contribution is -0.136. The summed E-state index contributed by atoms with van der Waals surface area (Å²) in [5.41, 5.74) is 1.04. The van der Waals surface area contributed by atoms with E-state index in [0.717, 1.165) is 18.4 Å². The number of sulfonamides is 1. The van der Waals surface area contributed by atoms with Crippen molar-refractivity contribution in [2.45, 2.75) is 43.0 Å². The van der Waals surface area contributed by atoms with Gasteiger partial charge < -0.3 is 5.11 Å². The van der Waals surface area contributed by atoms with E-state index in [-0.39, 0.29) is 17.4 Å². The predicted octanol–water partition coefficient (Wildman–Crippen LogP) is 2.86. The molecule has 0 radical (unpaired) electrons. The Kier molecular flexibility index (Phi) is 6.12. The van der Waals surface area contributed by atoms with Crippen molar-refractivity contribution < 1.29 is 18.3 Å². The average molecular weight is 335 g/mol. The van der Waals surface area contributed by atoms with Crippen LogP contribution < -0.4 is 4.72 Å². The van der Waals surface area contributed by atoms with Crippen LogP contribution in [0, 0.1) is 0 Å². The molecule has 2 N–H and O–H groups in total. The highest BCUT2D eigenvalue weighted by atomic mass is 32.2. The minimum atomic E-state index is -3.52. The Labute approximate surface area is 136 Å². The largest absolute Gasteiger partial charge is 0.481 e. The van der Waals surface area contributed by atoms with Gasteiger partial charge in [-0.25, -0.2) is 13.1 Å². The second-order valence-corrected chi connectivity index (χ2v) is 7.17. The summed E-state index contributed by atoms with van der Waals surface area (Å²) in [6, 6.07) is 8.14. The van der Waals surface area contributed by atoms with Crippen molar-refractivity contribution in [1.82, 2.24) is 4.72 Å². The van der Waals surface area contributed by atoms with Crippen LogP contribution in [0.25, 0.3) is 0 Å². The van der Waals surface area contributed by atoms with E-state index >= 15 is 0 Å². The lowest BCUT2D eigenvalue weighted by Crippen LogP contribution is -2.34. The molecule has 0 spiro atoms. The molecule has 0 heterocycles. The zero-order valence-corrected chi connectivity index (χ0v) is 13.6. The molecule has 124 valence electrons. The monoisotopic (exact) mass is 335 g/mol. The number of carboxylic acid groups (broad SMARTS) is 1. The first-order valence-corrected chi connectivity index (χ1v) is 9.10. The van der Waals surface area contributed by atoms with E-state index in [0.29, 0.717) is 12.8 Å². The number of nitrogens with one attached hydrogen (secondary N) is 1. The van der Waals surface area contributed by atoms with Gasteiger partial charge >= 0.3 is 5.97 Å². The minimum Gasteiger partial charge on any atom is -0.481 e. The molecule has 0 aliphatic heterocycles. The fourth-order valence-corrected chi connectivity index (χ4v) is 3.82. The van der Waals surface area contributed by atoms with Crippen LogP contribution in [0.15, 0.2) is 59.0 Å². The second-order valence-electron chi connectivity index (χ2n) is 5.45. The number of allylic oxidation sites excluding steroid dienone is 3. The Hall–Kier alpha value is -1.92. The number of hydrogen-bond donors (Lipinski definition) is 2. The van der Waals surface area contributed by atoms with Gasteiger partial charge in [-0.05, 0) is 37.8 Å². The first kappa shape index (κ1) is 17.4. The first-order valence-electron chi connectivity index (χ1n) is 7.62. The van der Waals surface area contributed by atoms with Crippen molar-refractivity contribution in [3.05, 3.63) is 54.1 Å². The SMILES string of the molecule is O=C(O)CC/C=C\CC1=CCC[C@@H]1NS(=O)(=O)c1ccccc1. The summed E-state index contributed by atoms with van der Waals surface area (Å²) in [4.78, 5) is 10.7. The van der Waals surface area contributed by atoms with Gasteiger partial charge in [-0.3, -0.25) is 4.79 Å². The number of rotatable bonds is 8. The summed E-state index contributed by atoms with van der Waals surface area (Å²) in [5.74, 6) is -0.816. The van der Waals surface area contributed by atoms with Gasteiger partial charge in [-0.1, -0.05) is 42.0 Å². The molecule has 0 amide bonds. The second kappa shape index (κ2) is 8.08. The molecule has 2 rings (SSSR count). The molecular formula is C17H21NO4S. The van der Waals surface area contributed by atoms with E-state index in [2.05, 4.69) is 10.8 Å². The van der Waals surface area contributed by atoms with Crippen molar-refractivity contribution >= 4 is 16.0 Å². The van der Waals surface area contributed by atoms with Gasteiger partial charge in [0.15, 0.2) is 0 Å². The highest BCUT2D eigenvalue weighted by molar-refractivity contribution is 7.89. The molecule has 5 nitrogen and oxygen atoms in total. The molecule has 23 heavy (non-hydrogen) atoms. The van der Waals surface area contributed by atoms with Crippen LogP contribution in [-0.2, 0) is 14.8 Å². The minimum absolute atomic E-state index is 0.111. The maximum absolute atomic E-state index is 12.4. The molecule has 1 aliphatic rings. The number of carbonyl (C=O) groups is 1. The summed E-state index contributed by atoms with van der Waals surface area (Å²) in [7, 11) is -3.52. The van der Waals surface area contributed by atoms with Crippen LogP contribution in [0.4, 0.5) is 0 Å². The highest BCUT2D eigenvalue weighted by Gasteiger charge is 2.24. The third-order valence-corrected chi connectivity index (χ3v) is 5.19. The molecule has 1 aromatic carbocycles. The lowest BCUT2D eigenvalue weighted by atomic mass is 10.1. The Morgan fingerprint density at radius 1 is 1.26 bits per heavy atom. The predicted molar refractivity (Wildman–Crippen MR) is 88.5 cm³/mol. The summed E-state index contributed by atoms with van der Waals surface area (Å²) in [5, 5.41) is 8.58. The maximum Gasteiger partial charge on any atom is 0.303 e. The van der Waals surface area contributed by atoms with Crippen LogP contribution >= 0.6 is 0 Å². The van der Waals surface area contributed by atoms with Gasteiger partial charge in [-0.15, -0.1) is 0 Å². The molecule has 0 fully saturated rings. The standard InChI is InChI=1S/C17H21NO4S/c19-17(20)13-6-1-3-8-14-9-7-12-16(14)18-23(21,22)15-10-4-2-5-11-15/h1-5,9-11,16,18H,6-8,12-13H2,(H,19,20)/b3-1-/t16-/m0/s1. The van der Waals surface area contributed by atoms with Gasteiger partial charge in [0.2, 0.25) is 10.0 Å². The lowest BCUT2D eigenvalue weighted by Gasteiger charge is -2.16. The fraction of sp³-hybridized carbons (Fsp3) is 0.353. The molecule has 0 aromatic heterocycles. The number of carboxylic acids is 1. The summed E-state index contributed by atoms with van der Waals surface area (Å²) >= 11 is 0. The van der Waals surface area contributed by atoms with E-state index < -0.39 is 16.0 Å². The van der Waals surface area contributed by atoms with Crippen LogP contribution in [0.3, 0.4) is 0 Å². The van der Waals surface area contributed by atoms with E-state index in [9.17, 15) is 13.2 Å². The average Bonchev–Trinajstić information content (AvgIpc) is 2.94. The highest BCUT2D eigenvalue weighted by Crippen LogP contribution is 2.24. The van der Waals surface area contributed by atoms with Crippen molar-refractivity contribution in [2.75, 3.05) is 0 Å². The van der Waals surface area contributed by atoms with E-state index in [1.54, 1.807) is 30.3 Å². The first-order chi connectivity index (χ1) is 11.0. The van der Waals surface area contributed by atoms with Gasteiger partial charge in [-0.2, -0.15) is 0 Å². The summed E-state index contributed by atoms with van der Waals surface area (Å²) in [6.45, 7) is 0. The topological polar surface area (TPSA) is 83.5 Å². The van der Waals surface area contributed by atoms with Gasteiger partial charge in [0.1, 0.15) is 0 Å². The molecule has 6 heteroatoms. The van der Waals surface area contributed by atoms with Crippen LogP contribution in [0.5, 0.6) is 0 Å². The zero-order chi connectivity index (χ0) is 16.7. The van der Waals surface area contributed by atoms with Crippen LogP contribution in [0.2, 0.25) is 0 Å². The number of aliphatic carboxylic acids is 1. The fourth-order valence-electron chi connectivity index (χ4n) is 2.52. The van der Waals surface area contributed by atoms with Gasteiger partial charge in [0.05, 0.1) is 4.90 Å². The van der Waals surface area contributed by atoms with Crippen molar-refractivity contribution in [3.63, 3.8) is 0 Å². The van der Waals surface area contributed by atoms with E-state index in [1.165, 1.54) is 0 Å². The smallest absolute Gasteiger partial charge is 0.303 e. The van der Waals surface area contributed by atoms with Crippen LogP contribution in [-0.4, -0.2) is 25.5 Å². The van der Waals surface area contributed by atoms with Crippen molar-refractivity contribution in [3.8, 4) is 0 Å². The molecule has 1 aromatic rings. The molecule has 1 atom stereocenters. The third-order valence-electron chi connectivity index (χ3n) is 3.71. The summed E-state index contributed by atoms with van der Waals surface area (Å²) < 4.78 is 27.5. The zero-order valence-electron chi connectivity index (χ0n) is 12.8. The number of hydrogen-bond acceptors (Lipinski definition) is 3. The molecular weight excluding hydrogens is 314 g/mol. The Morgan fingerprint density at radius 2 is 2.00 bits per heavy atom. The summed E-state index contributed by atoms with van der Waals surface area (Å²) in [6.07, 6.45) is 8.63. The van der Waals surface area contributed by atoms with Gasteiger partial charge in [0.25, 0.3) is 0 Å². The Morgan fingerprint density at radius 3 is 2.70 bits per heavy atom. The Balaban J connectivity index is 1.93. The van der Waals surface area contributed by atoms with Crippen LogP contribution in [0.1, 0.15) is 32.1 Å². The van der Waals surface area contributed by atoms with Gasteiger partial charge in [0, 0.05) is 12.5 Å². The van der Waals surface area contributed by atoms with Crippen molar-refractivity contribution in [1.29, 1.82) is 0 Å². The molecule has 0 saturated carbocycles. The molecule has 0 bridgehead atoms. The third kappa shape index (κ3) is 5.33. The quantitative estimate of drug-likeness (QED) is 0.716. The number of benzene rings is 1. The molecule has 1 aliphatic carbocycles. The molecule has 0 unspecified atom stereocenters. The normalized spacial score (nSPS) is 18.3. The Bertz CT molecular complexity index is 693. The molecule has 0 saturated heterocycles. The maximum atomic E-state index is 12.4. The van der Waals surface area contributed by atoms with E-state index in [4.69, 9.17) is 5.11 Å². The van der Waals surface area contributed by atoms with E-state index in [1.807, 2.05) is 12.2 Å².